The van der Waals surface area contributed by atoms with E-state index in [1.165, 1.54) is 0 Å². The smallest absolute Gasteiger partial charge is 0.407 e. The molecule has 3 rings (SSSR count). The van der Waals surface area contributed by atoms with Crippen molar-refractivity contribution in [1.29, 1.82) is 0 Å². The van der Waals surface area contributed by atoms with Gasteiger partial charge < -0.3 is 34.5 Å². The van der Waals surface area contributed by atoms with E-state index in [4.69, 9.17) is 18.9 Å². The first-order chi connectivity index (χ1) is 18.4. The second kappa shape index (κ2) is 15.2. The van der Waals surface area contributed by atoms with E-state index in [0.717, 1.165) is 24.9 Å². The maximum absolute atomic E-state index is 13.7. The zero-order valence-corrected chi connectivity index (χ0v) is 22.9. The van der Waals surface area contributed by atoms with Crippen LogP contribution in [0.3, 0.4) is 0 Å². The average molecular weight is 528 g/mol. The van der Waals surface area contributed by atoms with Gasteiger partial charge in [-0.3, -0.25) is 4.79 Å². The number of methoxy groups -OCH3 is 2. The molecule has 0 radical (unpaired) electrons. The summed E-state index contributed by atoms with van der Waals surface area (Å²) in [6, 6.07) is 14.8. The third-order valence-electron chi connectivity index (χ3n) is 6.51. The Bertz CT molecular complexity index is 1020. The Hall–Kier alpha value is -3.30. The van der Waals surface area contributed by atoms with Gasteiger partial charge in [0.25, 0.3) is 5.91 Å². The molecule has 0 spiro atoms. The molecule has 1 aliphatic rings. The van der Waals surface area contributed by atoms with Crippen molar-refractivity contribution in [2.45, 2.75) is 45.4 Å². The second-order valence-corrected chi connectivity index (χ2v) is 9.72. The number of alkyl carbamates (subject to hydrolysis) is 1. The molecule has 1 heterocycles. The van der Waals surface area contributed by atoms with E-state index in [0.29, 0.717) is 43.4 Å². The van der Waals surface area contributed by atoms with E-state index in [2.05, 4.69) is 10.6 Å². The van der Waals surface area contributed by atoms with E-state index in [1.807, 2.05) is 49.1 Å². The number of carbonyl (C=O) groups is 2. The van der Waals surface area contributed by atoms with E-state index in [1.54, 1.807) is 32.4 Å². The van der Waals surface area contributed by atoms with Gasteiger partial charge in [0, 0.05) is 50.9 Å². The summed E-state index contributed by atoms with van der Waals surface area (Å²) in [4.78, 5) is 27.8. The summed E-state index contributed by atoms with van der Waals surface area (Å²) >= 11 is 0. The van der Waals surface area contributed by atoms with Gasteiger partial charge in [0.05, 0.1) is 13.7 Å². The minimum absolute atomic E-state index is 0.00924. The van der Waals surface area contributed by atoms with E-state index >= 15 is 0 Å². The lowest BCUT2D eigenvalue weighted by molar-refractivity contribution is 0.0534. The Morgan fingerprint density at radius 3 is 2.55 bits per heavy atom. The van der Waals surface area contributed by atoms with Gasteiger partial charge in [0.1, 0.15) is 6.61 Å². The molecule has 9 nitrogen and oxygen atoms in total. The monoisotopic (exact) mass is 527 g/mol. The van der Waals surface area contributed by atoms with Gasteiger partial charge in [0.15, 0.2) is 11.5 Å². The molecule has 0 saturated carbocycles. The van der Waals surface area contributed by atoms with Crippen LogP contribution in [0.2, 0.25) is 0 Å². The predicted octanol–water partition coefficient (Wildman–Crippen LogP) is 3.87. The highest BCUT2D eigenvalue weighted by Gasteiger charge is 2.32. The molecule has 9 heteroatoms. The van der Waals surface area contributed by atoms with Gasteiger partial charge in [-0.1, -0.05) is 30.3 Å². The molecule has 0 aliphatic carbocycles. The van der Waals surface area contributed by atoms with Gasteiger partial charge in [-0.25, -0.2) is 4.79 Å². The summed E-state index contributed by atoms with van der Waals surface area (Å²) in [6.45, 7) is 7.25. The van der Waals surface area contributed by atoms with Crippen molar-refractivity contribution >= 4 is 12.0 Å². The van der Waals surface area contributed by atoms with Crippen molar-refractivity contribution in [3.8, 4) is 11.5 Å². The quantitative estimate of drug-likeness (QED) is 0.382. The number of amides is 2. The van der Waals surface area contributed by atoms with Crippen LogP contribution in [-0.4, -0.2) is 76.1 Å². The molecule has 2 atom stereocenters. The number of hydrogen-bond acceptors (Lipinski definition) is 7. The lowest BCUT2D eigenvalue weighted by Crippen LogP contribution is -2.55. The normalized spacial score (nSPS) is 17.1. The summed E-state index contributed by atoms with van der Waals surface area (Å²) in [7, 11) is 3.23. The maximum atomic E-state index is 13.7. The Balaban J connectivity index is 1.59. The molecule has 0 bridgehead atoms. The van der Waals surface area contributed by atoms with Gasteiger partial charge in [-0.2, -0.15) is 0 Å². The van der Waals surface area contributed by atoms with E-state index in [-0.39, 0.29) is 30.5 Å². The number of nitrogens with one attached hydrogen (secondary N) is 2. The molecule has 2 unspecified atom stereocenters. The predicted molar refractivity (Wildman–Crippen MR) is 146 cm³/mol. The second-order valence-electron chi connectivity index (χ2n) is 9.72. The highest BCUT2D eigenvalue weighted by atomic mass is 16.5. The van der Waals surface area contributed by atoms with Crippen LogP contribution < -0.4 is 20.1 Å². The van der Waals surface area contributed by atoms with Gasteiger partial charge >= 0.3 is 6.09 Å². The molecule has 2 aromatic carbocycles. The first kappa shape index (κ1) is 29.3. The molecular formula is C29H41N3O6. The van der Waals surface area contributed by atoms with Gasteiger partial charge in [-0.05, 0) is 56.5 Å². The summed E-state index contributed by atoms with van der Waals surface area (Å²) in [6.07, 6.45) is 1.06. The van der Waals surface area contributed by atoms with Crippen molar-refractivity contribution in [3.63, 3.8) is 0 Å². The molecule has 2 amide bonds. The zero-order chi connectivity index (χ0) is 27.3. The van der Waals surface area contributed by atoms with E-state index in [9.17, 15) is 9.59 Å². The number of hydrogen-bond donors (Lipinski definition) is 2. The number of rotatable bonds is 13. The largest absolute Gasteiger partial charge is 0.493 e. The maximum Gasteiger partial charge on any atom is 0.407 e. The summed E-state index contributed by atoms with van der Waals surface area (Å²) in [5.41, 5.74) is 1.49. The molecule has 208 valence electrons. The molecule has 1 aliphatic heterocycles. The third kappa shape index (κ3) is 8.63. The van der Waals surface area contributed by atoms with Crippen LogP contribution in [-0.2, 0) is 16.1 Å². The Kier molecular flexibility index (Phi) is 11.7. The summed E-state index contributed by atoms with van der Waals surface area (Å²) < 4.78 is 21.7. The first-order valence-electron chi connectivity index (χ1n) is 13.2. The fourth-order valence-corrected chi connectivity index (χ4v) is 4.65. The molecule has 0 aromatic heterocycles. The summed E-state index contributed by atoms with van der Waals surface area (Å²) in [5, 5.41) is 6.31. The molecule has 1 fully saturated rings. The van der Waals surface area contributed by atoms with Crippen molar-refractivity contribution < 1.29 is 28.5 Å². The third-order valence-corrected chi connectivity index (χ3v) is 6.51. The van der Waals surface area contributed by atoms with E-state index < -0.39 is 6.09 Å². The number of benzene rings is 2. The Morgan fingerprint density at radius 1 is 1.05 bits per heavy atom. The van der Waals surface area contributed by atoms with Crippen molar-refractivity contribution in [2.24, 2.45) is 5.92 Å². The number of piperidine rings is 1. The fraction of sp³-hybridized carbons (Fsp3) is 0.517. The SMILES string of the molecule is COCCCOc1cc(C(=O)N(C(C)C)C2CNCC(CNC(=O)OCc3ccccc3)C2)ccc1OC. The van der Waals surface area contributed by atoms with Crippen LogP contribution in [0.25, 0.3) is 0 Å². The molecule has 2 aromatic rings. The van der Waals surface area contributed by atoms with Crippen molar-refractivity contribution in [2.75, 3.05) is 47.1 Å². The highest BCUT2D eigenvalue weighted by molar-refractivity contribution is 5.95. The average Bonchev–Trinajstić information content (AvgIpc) is 2.93. The summed E-state index contributed by atoms with van der Waals surface area (Å²) in [5.74, 6) is 1.23. The van der Waals surface area contributed by atoms with Crippen molar-refractivity contribution in [1.82, 2.24) is 15.5 Å². The zero-order valence-electron chi connectivity index (χ0n) is 22.9. The topological polar surface area (TPSA) is 98.4 Å². The molecule has 38 heavy (non-hydrogen) atoms. The van der Waals surface area contributed by atoms with Crippen molar-refractivity contribution in [3.05, 3.63) is 59.7 Å². The minimum atomic E-state index is -0.441. The van der Waals surface area contributed by atoms with Crippen LogP contribution in [0.1, 0.15) is 42.6 Å². The van der Waals surface area contributed by atoms with Crippen LogP contribution in [0, 0.1) is 5.92 Å². The number of ether oxygens (including phenoxy) is 4. The highest BCUT2D eigenvalue weighted by Crippen LogP contribution is 2.30. The standard InChI is InChI=1S/C29H41N3O6/c1-21(2)32(28(33)24-11-12-26(36-4)27(16-24)37-14-8-13-35-3)25-15-23(17-30-19-25)18-31-29(34)38-20-22-9-6-5-7-10-22/h5-7,9-12,16,21,23,25,30H,8,13-15,17-20H2,1-4H3,(H,31,34). The van der Waals surface area contributed by atoms with Crippen LogP contribution in [0.15, 0.2) is 48.5 Å². The first-order valence-corrected chi connectivity index (χ1v) is 13.2. The molecule has 2 N–H and O–H groups in total. The van der Waals surface area contributed by atoms with Gasteiger partial charge in [-0.15, -0.1) is 0 Å². The lowest BCUT2D eigenvalue weighted by atomic mass is 9.93. The number of nitrogens with zero attached hydrogens (tertiary/aromatic N) is 1. The van der Waals surface area contributed by atoms with Crippen LogP contribution in [0.4, 0.5) is 4.79 Å². The number of carbonyl (C=O) groups excluding carboxylic acids is 2. The minimum Gasteiger partial charge on any atom is -0.493 e. The Labute approximate surface area is 225 Å². The Morgan fingerprint density at radius 2 is 1.84 bits per heavy atom. The molecular weight excluding hydrogens is 486 g/mol. The van der Waals surface area contributed by atoms with Crippen LogP contribution in [0.5, 0.6) is 11.5 Å². The van der Waals surface area contributed by atoms with Crippen LogP contribution >= 0.6 is 0 Å². The van der Waals surface area contributed by atoms with Gasteiger partial charge in [0.2, 0.25) is 0 Å². The lowest BCUT2D eigenvalue weighted by Gasteiger charge is -2.40. The molecule has 1 saturated heterocycles. The fourth-order valence-electron chi connectivity index (χ4n) is 4.65.